The average molecular weight is 272 g/mol. The highest BCUT2D eigenvalue weighted by Gasteiger charge is 2.35. The Hall–Kier alpha value is -1.08. The molecule has 1 aliphatic heterocycles. The molecule has 7 heteroatoms. The van der Waals surface area contributed by atoms with Gasteiger partial charge in [0.05, 0.1) is 5.69 Å². The van der Waals surface area contributed by atoms with Gasteiger partial charge in [0.15, 0.2) is 5.82 Å². The lowest BCUT2D eigenvalue weighted by atomic mass is 10.1. The van der Waals surface area contributed by atoms with E-state index in [0.717, 1.165) is 12.8 Å². The van der Waals surface area contributed by atoms with E-state index in [-0.39, 0.29) is 10.7 Å². The molecule has 1 fully saturated rings. The highest BCUT2D eigenvalue weighted by Crippen LogP contribution is 2.30. The molecule has 1 aromatic heterocycles. The summed E-state index contributed by atoms with van der Waals surface area (Å²) in [5.74, 6) is 0.549. The van der Waals surface area contributed by atoms with Gasteiger partial charge in [-0.15, -0.1) is 0 Å². The topological polar surface area (TPSA) is 81.2 Å². The molecule has 6 nitrogen and oxygen atoms in total. The van der Waals surface area contributed by atoms with Crippen LogP contribution in [0.3, 0.4) is 0 Å². The molecule has 1 atom stereocenters. The van der Waals surface area contributed by atoms with Crippen LogP contribution in [0.5, 0.6) is 0 Å². The van der Waals surface area contributed by atoms with Crippen LogP contribution in [-0.4, -0.2) is 35.6 Å². The lowest BCUT2D eigenvalue weighted by Gasteiger charge is -2.16. The summed E-state index contributed by atoms with van der Waals surface area (Å²) in [5, 5.41) is 3.98. The van der Waals surface area contributed by atoms with Crippen molar-refractivity contribution in [2.75, 3.05) is 18.8 Å². The van der Waals surface area contributed by atoms with Crippen molar-refractivity contribution in [3.05, 3.63) is 5.69 Å². The normalized spacial score (nSPS) is 21.6. The van der Waals surface area contributed by atoms with Crippen molar-refractivity contribution < 1.29 is 8.42 Å². The van der Waals surface area contributed by atoms with Crippen molar-refractivity contribution in [1.82, 2.24) is 14.1 Å². The summed E-state index contributed by atoms with van der Waals surface area (Å²) < 4.78 is 28.1. The van der Waals surface area contributed by atoms with Gasteiger partial charge in [-0.2, -0.15) is 9.40 Å². The first-order valence-corrected chi connectivity index (χ1v) is 7.61. The molecule has 1 aromatic rings. The van der Waals surface area contributed by atoms with Gasteiger partial charge in [-0.25, -0.2) is 8.42 Å². The molecule has 2 N–H and O–H groups in total. The van der Waals surface area contributed by atoms with Gasteiger partial charge < -0.3 is 5.73 Å². The molecule has 1 saturated heterocycles. The Balaban J connectivity index is 2.37. The molecular weight excluding hydrogens is 252 g/mol. The number of aryl methyl sites for hydroxylation is 1. The predicted molar refractivity (Wildman–Crippen MR) is 69.5 cm³/mol. The number of nitrogens with zero attached hydrogens (tertiary/aromatic N) is 3. The minimum atomic E-state index is -3.50. The number of aromatic nitrogens is 2. The molecule has 0 bridgehead atoms. The van der Waals surface area contributed by atoms with E-state index >= 15 is 0 Å². The van der Waals surface area contributed by atoms with Gasteiger partial charge in [0.1, 0.15) is 4.90 Å². The van der Waals surface area contributed by atoms with Crippen molar-refractivity contribution in [3.63, 3.8) is 0 Å². The van der Waals surface area contributed by atoms with Crippen LogP contribution in [0, 0.1) is 12.8 Å². The van der Waals surface area contributed by atoms with E-state index < -0.39 is 10.0 Å². The van der Waals surface area contributed by atoms with Crippen LogP contribution in [0.1, 0.15) is 25.5 Å². The maximum absolute atomic E-state index is 12.5. The van der Waals surface area contributed by atoms with Gasteiger partial charge in [-0.05, 0) is 19.3 Å². The van der Waals surface area contributed by atoms with E-state index in [2.05, 4.69) is 12.0 Å². The first-order chi connectivity index (χ1) is 8.37. The molecule has 0 amide bonds. The summed E-state index contributed by atoms with van der Waals surface area (Å²) >= 11 is 0. The molecular formula is C11H20N4O2S. The van der Waals surface area contributed by atoms with Crippen LogP contribution < -0.4 is 5.73 Å². The van der Waals surface area contributed by atoms with E-state index in [1.165, 1.54) is 8.99 Å². The third-order valence-corrected chi connectivity index (χ3v) is 5.76. The van der Waals surface area contributed by atoms with Crippen molar-refractivity contribution in [1.29, 1.82) is 0 Å². The fourth-order valence-corrected chi connectivity index (χ4v) is 4.23. The third kappa shape index (κ3) is 2.01. The Morgan fingerprint density at radius 1 is 1.50 bits per heavy atom. The predicted octanol–water partition coefficient (Wildman–Crippen LogP) is 0.731. The smallest absolute Gasteiger partial charge is 0.248 e. The second kappa shape index (κ2) is 4.55. The summed E-state index contributed by atoms with van der Waals surface area (Å²) in [6, 6.07) is 0. The second-order valence-corrected chi connectivity index (χ2v) is 6.72. The van der Waals surface area contributed by atoms with E-state index in [0.29, 0.717) is 24.7 Å². The summed E-state index contributed by atoms with van der Waals surface area (Å²) in [6.07, 6.45) is 1.93. The molecule has 18 heavy (non-hydrogen) atoms. The Morgan fingerprint density at radius 3 is 2.61 bits per heavy atom. The van der Waals surface area contributed by atoms with Crippen molar-refractivity contribution in [3.8, 4) is 0 Å². The molecule has 0 saturated carbocycles. The van der Waals surface area contributed by atoms with Crippen LogP contribution in [0.15, 0.2) is 4.90 Å². The zero-order valence-corrected chi connectivity index (χ0v) is 11.9. The first kappa shape index (κ1) is 13.4. The van der Waals surface area contributed by atoms with Crippen LogP contribution >= 0.6 is 0 Å². The minimum Gasteiger partial charge on any atom is -0.381 e. The van der Waals surface area contributed by atoms with E-state index in [1.807, 2.05) is 0 Å². The van der Waals surface area contributed by atoms with Gasteiger partial charge >= 0.3 is 0 Å². The molecule has 0 radical (unpaired) electrons. The fraction of sp³-hybridized carbons (Fsp3) is 0.727. The second-order valence-electron chi connectivity index (χ2n) is 4.85. The van der Waals surface area contributed by atoms with Crippen molar-refractivity contribution in [2.24, 2.45) is 13.0 Å². The molecule has 0 aliphatic carbocycles. The fourth-order valence-electron chi connectivity index (χ4n) is 2.41. The van der Waals surface area contributed by atoms with Gasteiger partial charge in [-0.3, -0.25) is 4.68 Å². The molecule has 0 spiro atoms. The van der Waals surface area contributed by atoms with Crippen molar-refractivity contribution in [2.45, 2.75) is 31.6 Å². The summed E-state index contributed by atoms with van der Waals surface area (Å²) in [4.78, 5) is 0.168. The average Bonchev–Trinajstić information content (AvgIpc) is 2.85. The third-order valence-electron chi connectivity index (χ3n) is 3.73. The molecule has 102 valence electrons. The summed E-state index contributed by atoms with van der Waals surface area (Å²) in [7, 11) is -1.80. The number of anilines is 1. The Labute approximate surface area is 108 Å². The van der Waals surface area contributed by atoms with Crippen LogP contribution in [0.4, 0.5) is 5.82 Å². The highest BCUT2D eigenvalue weighted by atomic mass is 32.2. The summed E-state index contributed by atoms with van der Waals surface area (Å²) in [5.41, 5.74) is 6.32. The minimum absolute atomic E-state index is 0.0925. The largest absolute Gasteiger partial charge is 0.381 e. The van der Waals surface area contributed by atoms with Crippen LogP contribution in [-0.2, 0) is 17.1 Å². The zero-order valence-electron chi connectivity index (χ0n) is 11.0. The lowest BCUT2D eigenvalue weighted by molar-refractivity contribution is 0.452. The molecule has 1 unspecified atom stereocenters. The number of sulfonamides is 1. The van der Waals surface area contributed by atoms with Gasteiger partial charge in [-0.1, -0.05) is 13.3 Å². The Bertz CT molecular complexity index is 550. The van der Waals surface area contributed by atoms with Gasteiger partial charge in [0.2, 0.25) is 10.0 Å². The van der Waals surface area contributed by atoms with Crippen molar-refractivity contribution >= 4 is 15.8 Å². The number of nitrogen functional groups attached to an aromatic ring is 1. The quantitative estimate of drug-likeness (QED) is 0.879. The maximum Gasteiger partial charge on any atom is 0.248 e. The Kier molecular flexibility index (Phi) is 3.37. The number of rotatable bonds is 3. The molecule has 2 heterocycles. The number of hydrogen-bond donors (Lipinski definition) is 1. The van der Waals surface area contributed by atoms with Gasteiger partial charge in [0, 0.05) is 20.1 Å². The SMILES string of the molecule is CCC1CCN(S(=O)(=O)c2c(N)nn(C)c2C)C1. The standard InChI is InChI=1S/C11H20N4O2S/c1-4-9-5-6-15(7-9)18(16,17)10-8(2)14(3)13-11(10)12/h9H,4-7H2,1-3H3,(H2,12,13). The number of hydrogen-bond acceptors (Lipinski definition) is 4. The van der Waals surface area contributed by atoms with E-state index in [1.54, 1.807) is 14.0 Å². The monoisotopic (exact) mass is 272 g/mol. The zero-order chi connectivity index (χ0) is 13.5. The maximum atomic E-state index is 12.5. The Morgan fingerprint density at radius 2 is 2.17 bits per heavy atom. The highest BCUT2D eigenvalue weighted by molar-refractivity contribution is 7.89. The number of nitrogens with two attached hydrogens (primary N) is 1. The molecule has 2 rings (SSSR count). The van der Waals surface area contributed by atoms with E-state index in [4.69, 9.17) is 5.73 Å². The van der Waals surface area contributed by atoms with Crippen LogP contribution in [0.25, 0.3) is 0 Å². The van der Waals surface area contributed by atoms with Gasteiger partial charge in [0.25, 0.3) is 0 Å². The first-order valence-electron chi connectivity index (χ1n) is 6.17. The molecule has 1 aliphatic rings. The lowest BCUT2D eigenvalue weighted by Crippen LogP contribution is -2.29. The molecule has 0 aromatic carbocycles. The van der Waals surface area contributed by atoms with Crippen LogP contribution in [0.2, 0.25) is 0 Å². The summed E-state index contributed by atoms with van der Waals surface area (Å²) in [6.45, 7) is 4.98. The van der Waals surface area contributed by atoms with E-state index in [9.17, 15) is 8.42 Å².